The van der Waals surface area contributed by atoms with E-state index in [1.807, 2.05) is 0 Å². The molecule has 1 unspecified atom stereocenters. The molecule has 4 nitrogen and oxygen atoms in total. The second-order valence-electron chi connectivity index (χ2n) is 3.29. The number of carbonyl (C=O) groups excluding carboxylic acids is 1. The number of carbonyl (C=O) groups is 1. The number of ether oxygens (including phenoxy) is 1. The number of pyridine rings is 1. The average Bonchev–Trinajstić information content (AvgIpc) is 2.27. The molecule has 0 amide bonds. The molecule has 1 rings (SSSR count). The van der Waals surface area contributed by atoms with Crippen molar-refractivity contribution in [3.63, 3.8) is 0 Å². The van der Waals surface area contributed by atoms with Crippen LogP contribution in [0.4, 0.5) is 13.2 Å². The highest BCUT2D eigenvalue weighted by Crippen LogP contribution is 2.36. The van der Waals surface area contributed by atoms with E-state index in [1.54, 1.807) is 6.92 Å². The van der Waals surface area contributed by atoms with E-state index in [-0.39, 0.29) is 12.3 Å². The fourth-order valence-corrected chi connectivity index (χ4v) is 1.58. The van der Waals surface area contributed by atoms with Crippen LogP contribution in [0.3, 0.4) is 0 Å². The van der Waals surface area contributed by atoms with Crippen molar-refractivity contribution < 1.29 is 22.7 Å². The number of hydrogen-bond donors (Lipinski definition) is 1. The van der Waals surface area contributed by atoms with Crippen molar-refractivity contribution in [2.45, 2.75) is 19.1 Å². The first-order chi connectivity index (χ1) is 8.29. The first-order valence-electron chi connectivity index (χ1n) is 4.92. The largest absolute Gasteiger partial charge is 0.465 e. The molecule has 100 valence electrons. The van der Waals surface area contributed by atoms with E-state index in [0.29, 0.717) is 6.07 Å². The predicted octanol–water partition coefficient (Wildman–Crippen LogP) is 2.32. The Balaban J connectivity index is 3.15. The van der Waals surface area contributed by atoms with Crippen LogP contribution in [0.15, 0.2) is 12.3 Å². The number of halogens is 4. The van der Waals surface area contributed by atoms with E-state index < -0.39 is 28.8 Å². The molecule has 18 heavy (non-hydrogen) atoms. The molecule has 0 aliphatic heterocycles. The zero-order chi connectivity index (χ0) is 13.9. The summed E-state index contributed by atoms with van der Waals surface area (Å²) in [4.78, 5) is 14.9. The minimum atomic E-state index is -4.64. The highest BCUT2D eigenvalue weighted by molar-refractivity contribution is 6.32. The molecule has 0 bridgehead atoms. The van der Waals surface area contributed by atoms with Crippen LogP contribution in [0.1, 0.15) is 24.2 Å². The van der Waals surface area contributed by atoms with Crippen molar-refractivity contribution in [3.05, 3.63) is 28.5 Å². The van der Waals surface area contributed by atoms with Crippen LogP contribution in [-0.4, -0.2) is 17.6 Å². The third-order valence-electron chi connectivity index (χ3n) is 2.06. The summed E-state index contributed by atoms with van der Waals surface area (Å²) in [5.41, 5.74) is 4.00. The van der Waals surface area contributed by atoms with Crippen LogP contribution in [0.25, 0.3) is 0 Å². The van der Waals surface area contributed by atoms with Crippen molar-refractivity contribution >= 4 is 17.6 Å². The molecular weight excluding hydrogens is 273 g/mol. The number of aromatic nitrogens is 1. The van der Waals surface area contributed by atoms with Gasteiger partial charge >= 0.3 is 12.1 Å². The van der Waals surface area contributed by atoms with Gasteiger partial charge in [0.25, 0.3) is 0 Å². The number of nitrogens with zero attached hydrogens (tertiary/aromatic N) is 1. The topological polar surface area (TPSA) is 65.2 Å². The molecule has 0 spiro atoms. The van der Waals surface area contributed by atoms with Crippen molar-refractivity contribution in [3.8, 4) is 0 Å². The standard InChI is InChI=1S/C10H10ClF3N2O2/c1-2-18-9(17)7(15)8-6(11)5(3-4-16-8)10(12,13)14/h3-4,7H,2,15H2,1H3. The lowest BCUT2D eigenvalue weighted by Gasteiger charge is -2.15. The fraction of sp³-hybridized carbons (Fsp3) is 0.400. The highest BCUT2D eigenvalue weighted by atomic mass is 35.5. The van der Waals surface area contributed by atoms with Gasteiger partial charge in [0.1, 0.15) is 6.04 Å². The first-order valence-corrected chi connectivity index (χ1v) is 5.30. The van der Waals surface area contributed by atoms with Gasteiger partial charge in [-0.1, -0.05) is 11.6 Å². The number of hydrogen-bond acceptors (Lipinski definition) is 4. The van der Waals surface area contributed by atoms with Crippen LogP contribution in [0.5, 0.6) is 0 Å². The fourth-order valence-electron chi connectivity index (χ4n) is 1.24. The van der Waals surface area contributed by atoms with Crippen LogP contribution < -0.4 is 5.73 Å². The molecule has 0 saturated heterocycles. The second-order valence-corrected chi connectivity index (χ2v) is 3.66. The summed E-state index contributed by atoms with van der Waals surface area (Å²) in [5, 5.41) is -0.689. The van der Waals surface area contributed by atoms with Gasteiger partial charge in [0.05, 0.1) is 22.9 Å². The zero-order valence-electron chi connectivity index (χ0n) is 9.29. The Morgan fingerprint density at radius 2 is 2.22 bits per heavy atom. The summed E-state index contributed by atoms with van der Waals surface area (Å²) in [5.74, 6) is -0.883. The lowest BCUT2D eigenvalue weighted by molar-refractivity contribution is -0.145. The normalized spacial score (nSPS) is 13.2. The summed E-state index contributed by atoms with van der Waals surface area (Å²) in [6.07, 6.45) is -3.74. The lowest BCUT2D eigenvalue weighted by atomic mass is 10.1. The van der Waals surface area contributed by atoms with Gasteiger partial charge in [0.2, 0.25) is 0 Å². The maximum Gasteiger partial charge on any atom is 0.417 e. The number of nitrogens with two attached hydrogens (primary N) is 1. The summed E-state index contributed by atoms with van der Waals surface area (Å²) in [6.45, 7) is 1.61. The van der Waals surface area contributed by atoms with Crippen molar-refractivity contribution in [2.75, 3.05) is 6.61 Å². The molecule has 1 heterocycles. The van der Waals surface area contributed by atoms with E-state index in [1.165, 1.54) is 0 Å². The Morgan fingerprint density at radius 1 is 1.61 bits per heavy atom. The molecule has 0 fully saturated rings. The molecule has 0 aliphatic rings. The summed E-state index contributed by atoms with van der Waals surface area (Å²) in [6, 6.07) is -0.733. The van der Waals surface area contributed by atoms with Gasteiger partial charge in [-0.15, -0.1) is 0 Å². The Labute approximate surface area is 106 Å². The van der Waals surface area contributed by atoms with Crippen LogP contribution in [-0.2, 0) is 15.7 Å². The first kappa shape index (κ1) is 14.7. The van der Waals surface area contributed by atoms with Crippen LogP contribution in [0, 0.1) is 0 Å². The van der Waals surface area contributed by atoms with Crippen molar-refractivity contribution in [2.24, 2.45) is 5.73 Å². The van der Waals surface area contributed by atoms with Gasteiger partial charge in [-0.05, 0) is 13.0 Å². The van der Waals surface area contributed by atoms with Crippen molar-refractivity contribution in [1.82, 2.24) is 4.98 Å². The molecule has 0 aliphatic carbocycles. The van der Waals surface area contributed by atoms with Crippen LogP contribution >= 0.6 is 11.6 Å². The average molecular weight is 283 g/mol. The lowest BCUT2D eigenvalue weighted by Crippen LogP contribution is -2.25. The molecule has 0 radical (unpaired) electrons. The molecular formula is C10H10ClF3N2O2. The zero-order valence-corrected chi connectivity index (χ0v) is 10.0. The SMILES string of the molecule is CCOC(=O)C(N)c1nccc(C(F)(F)F)c1Cl. The van der Waals surface area contributed by atoms with E-state index in [2.05, 4.69) is 9.72 Å². The smallest absolute Gasteiger partial charge is 0.417 e. The molecule has 0 aromatic carbocycles. The Morgan fingerprint density at radius 3 is 2.72 bits per heavy atom. The van der Waals surface area contributed by atoms with Gasteiger partial charge in [0.15, 0.2) is 0 Å². The van der Waals surface area contributed by atoms with E-state index in [9.17, 15) is 18.0 Å². The Hall–Kier alpha value is -1.34. The minimum Gasteiger partial charge on any atom is -0.465 e. The number of esters is 1. The van der Waals surface area contributed by atoms with Gasteiger partial charge in [-0.3, -0.25) is 4.98 Å². The van der Waals surface area contributed by atoms with Gasteiger partial charge < -0.3 is 10.5 Å². The second kappa shape index (κ2) is 5.53. The van der Waals surface area contributed by atoms with E-state index in [4.69, 9.17) is 17.3 Å². The monoisotopic (exact) mass is 282 g/mol. The molecule has 2 N–H and O–H groups in total. The molecule has 1 aromatic heterocycles. The van der Waals surface area contributed by atoms with Gasteiger partial charge in [0, 0.05) is 6.20 Å². The quantitative estimate of drug-likeness (QED) is 0.864. The summed E-state index contributed by atoms with van der Waals surface area (Å²) >= 11 is 5.56. The minimum absolute atomic E-state index is 0.0586. The van der Waals surface area contributed by atoms with E-state index >= 15 is 0 Å². The van der Waals surface area contributed by atoms with Crippen LogP contribution in [0.2, 0.25) is 5.02 Å². The third-order valence-corrected chi connectivity index (χ3v) is 2.45. The summed E-state index contributed by atoms with van der Waals surface area (Å²) in [7, 11) is 0. The Bertz CT molecular complexity index is 451. The number of alkyl halides is 3. The maximum atomic E-state index is 12.6. The molecule has 1 atom stereocenters. The maximum absolute atomic E-state index is 12.6. The summed E-state index contributed by atoms with van der Waals surface area (Å²) < 4.78 is 42.3. The predicted molar refractivity (Wildman–Crippen MR) is 57.8 cm³/mol. The highest BCUT2D eigenvalue weighted by Gasteiger charge is 2.36. The Kier molecular flexibility index (Phi) is 4.53. The molecule has 0 saturated carbocycles. The van der Waals surface area contributed by atoms with E-state index in [0.717, 1.165) is 6.20 Å². The molecule has 8 heteroatoms. The number of rotatable bonds is 3. The molecule has 1 aromatic rings. The third kappa shape index (κ3) is 3.11. The van der Waals surface area contributed by atoms with Gasteiger partial charge in [-0.25, -0.2) is 4.79 Å². The van der Waals surface area contributed by atoms with Crippen molar-refractivity contribution in [1.29, 1.82) is 0 Å². The van der Waals surface area contributed by atoms with Gasteiger partial charge in [-0.2, -0.15) is 13.2 Å².